The summed E-state index contributed by atoms with van der Waals surface area (Å²) in [5.41, 5.74) is 2.72. The largest absolute Gasteiger partial charge is 0.353 e. The van der Waals surface area contributed by atoms with E-state index in [0.717, 1.165) is 68.2 Å². The minimum Gasteiger partial charge on any atom is -0.353 e. The normalized spacial score (nSPS) is 20.1. The van der Waals surface area contributed by atoms with Gasteiger partial charge in [0.25, 0.3) is 0 Å². The van der Waals surface area contributed by atoms with Gasteiger partial charge in [-0.2, -0.15) is 4.98 Å². The van der Waals surface area contributed by atoms with E-state index in [1.807, 2.05) is 36.9 Å². The molecule has 35 heavy (non-hydrogen) atoms. The fourth-order valence-corrected chi connectivity index (χ4v) is 5.27. The third-order valence-corrected chi connectivity index (χ3v) is 7.32. The number of piperidine rings is 1. The molecule has 6 rings (SSSR count). The Morgan fingerprint density at radius 1 is 1.14 bits per heavy atom. The molecule has 0 atom stereocenters. The fraction of sp³-hybridized carbons (Fsp3) is 0.458. The molecule has 0 bridgehead atoms. The maximum Gasteiger partial charge on any atom is 0.317 e. The van der Waals surface area contributed by atoms with Crippen molar-refractivity contribution in [1.29, 1.82) is 0 Å². The van der Waals surface area contributed by atoms with E-state index in [1.54, 1.807) is 16.9 Å². The van der Waals surface area contributed by atoms with Crippen molar-refractivity contribution in [2.24, 2.45) is 0 Å². The summed E-state index contributed by atoms with van der Waals surface area (Å²) in [5.74, 6) is 1.25. The van der Waals surface area contributed by atoms with E-state index in [0.29, 0.717) is 11.6 Å². The molecule has 5 heterocycles. The SMILES string of the molecule is CC1(C)C(=O)Nc2cc(Nc3nc4c(N5CCC(N6CCCNC6=O)CC5)nccn4n3)ccc21. The van der Waals surface area contributed by atoms with Crippen LogP contribution < -0.4 is 20.9 Å². The fourth-order valence-electron chi connectivity index (χ4n) is 5.27. The van der Waals surface area contributed by atoms with Gasteiger partial charge < -0.3 is 25.8 Å². The van der Waals surface area contributed by atoms with Crippen LogP contribution in [0.5, 0.6) is 0 Å². The predicted octanol–water partition coefficient (Wildman–Crippen LogP) is 2.48. The van der Waals surface area contributed by atoms with Crippen molar-refractivity contribution in [3.63, 3.8) is 0 Å². The zero-order valence-electron chi connectivity index (χ0n) is 19.9. The first-order chi connectivity index (χ1) is 16.9. The third kappa shape index (κ3) is 3.71. The van der Waals surface area contributed by atoms with Gasteiger partial charge in [-0.25, -0.2) is 14.3 Å². The van der Waals surface area contributed by atoms with Crippen LogP contribution in [0.3, 0.4) is 0 Å². The Morgan fingerprint density at radius 3 is 2.77 bits per heavy atom. The standard InChI is InChI=1S/C24H29N9O2/c1-24(2)17-5-4-15(14-18(17)28-21(24)34)27-22-29-20-19(25-9-13-33(20)30-22)31-11-6-16(7-12-31)32-10-3-8-26-23(32)35/h4-5,9,13-14,16H,3,6-8,10-12H2,1-2H3,(H,26,35)(H,27,30)(H,28,34). The molecule has 3 N–H and O–H groups in total. The van der Waals surface area contributed by atoms with Crippen molar-refractivity contribution < 1.29 is 9.59 Å². The van der Waals surface area contributed by atoms with Crippen molar-refractivity contribution in [2.45, 2.75) is 44.6 Å². The molecule has 2 aromatic heterocycles. The van der Waals surface area contributed by atoms with Crippen molar-refractivity contribution in [2.75, 3.05) is 41.7 Å². The zero-order valence-corrected chi connectivity index (χ0v) is 19.9. The topological polar surface area (TPSA) is 120 Å². The first-order valence-corrected chi connectivity index (χ1v) is 12.1. The van der Waals surface area contributed by atoms with Gasteiger partial charge in [-0.05, 0) is 50.8 Å². The zero-order chi connectivity index (χ0) is 24.2. The van der Waals surface area contributed by atoms with Gasteiger partial charge in [-0.3, -0.25) is 4.79 Å². The molecule has 2 fully saturated rings. The maximum atomic E-state index is 12.3. The number of carbonyl (C=O) groups is 2. The van der Waals surface area contributed by atoms with Crippen LogP contribution in [0.2, 0.25) is 0 Å². The van der Waals surface area contributed by atoms with E-state index in [4.69, 9.17) is 4.98 Å². The van der Waals surface area contributed by atoms with Gasteiger partial charge in [0.2, 0.25) is 11.9 Å². The van der Waals surface area contributed by atoms with Crippen LogP contribution in [0.1, 0.15) is 38.7 Å². The van der Waals surface area contributed by atoms with E-state index < -0.39 is 5.41 Å². The molecule has 0 unspecified atom stereocenters. The number of nitrogens with zero attached hydrogens (tertiary/aromatic N) is 6. The highest BCUT2D eigenvalue weighted by molar-refractivity contribution is 6.06. The maximum absolute atomic E-state index is 12.3. The predicted molar refractivity (Wildman–Crippen MR) is 132 cm³/mol. The van der Waals surface area contributed by atoms with Crippen molar-refractivity contribution in [3.05, 3.63) is 36.2 Å². The number of aromatic nitrogens is 4. The molecule has 2 saturated heterocycles. The summed E-state index contributed by atoms with van der Waals surface area (Å²) in [6.07, 6.45) is 6.31. The number of hydrogen-bond donors (Lipinski definition) is 3. The molecule has 0 radical (unpaired) electrons. The van der Waals surface area contributed by atoms with E-state index >= 15 is 0 Å². The van der Waals surface area contributed by atoms with E-state index in [-0.39, 0.29) is 18.0 Å². The lowest BCUT2D eigenvalue weighted by atomic mass is 9.86. The highest BCUT2D eigenvalue weighted by Gasteiger charge is 2.38. The molecular weight excluding hydrogens is 446 g/mol. The van der Waals surface area contributed by atoms with Gasteiger partial charge in [0, 0.05) is 56.0 Å². The van der Waals surface area contributed by atoms with Crippen molar-refractivity contribution in [1.82, 2.24) is 29.8 Å². The number of benzene rings is 1. The second-order valence-electron chi connectivity index (χ2n) is 9.92. The van der Waals surface area contributed by atoms with Crippen LogP contribution in [-0.2, 0) is 10.2 Å². The molecule has 11 nitrogen and oxygen atoms in total. The molecule has 0 aliphatic carbocycles. The quantitative estimate of drug-likeness (QED) is 0.530. The van der Waals surface area contributed by atoms with Crippen molar-refractivity contribution >= 4 is 40.7 Å². The summed E-state index contributed by atoms with van der Waals surface area (Å²) >= 11 is 0. The molecular formula is C24H29N9O2. The first kappa shape index (κ1) is 21.6. The molecule has 0 saturated carbocycles. The van der Waals surface area contributed by atoms with Gasteiger partial charge >= 0.3 is 6.03 Å². The Labute approximate surface area is 202 Å². The summed E-state index contributed by atoms with van der Waals surface area (Å²) in [4.78, 5) is 38.0. The van der Waals surface area contributed by atoms with E-state index in [1.165, 1.54) is 0 Å². The summed E-state index contributed by atoms with van der Waals surface area (Å²) in [6.45, 7) is 7.04. The summed E-state index contributed by atoms with van der Waals surface area (Å²) in [7, 11) is 0. The molecule has 182 valence electrons. The van der Waals surface area contributed by atoms with Crippen LogP contribution >= 0.6 is 0 Å². The van der Waals surface area contributed by atoms with Gasteiger partial charge in [0.15, 0.2) is 11.5 Å². The highest BCUT2D eigenvalue weighted by Crippen LogP contribution is 2.39. The number of rotatable bonds is 4. The highest BCUT2D eigenvalue weighted by atomic mass is 16.2. The summed E-state index contributed by atoms with van der Waals surface area (Å²) in [6, 6.07) is 6.12. The van der Waals surface area contributed by atoms with Crippen LogP contribution in [-0.4, -0.2) is 68.6 Å². The van der Waals surface area contributed by atoms with Gasteiger partial charge in [-0.1, -0.05) is 6.07 Å². The number of hydrogen-bond acceptors (Lipinski definition) is 7. The van der Waals surface area contributed by atoms with E-state index in [2.05, 4.69) is 30.9 Å². The minimum atomic E-state index is -0.541. The Bertz CT molecular complexity index is 1310. The number of urea groups is 1. The summed E-state index contributed by atoms with van der Waals surface area (Å²) in [5, 5.41) is 13.7. The smallest absolute Gasteiger partial charge is 0.317 e. The van der Waals surface area contributed by atoms with Crippen LogP contribution in [0, 0.1) is 0 Å². The average Bonchev–Trinajstić information content (AvgIpc) is 3.36. The molecule has 3 aliphatic rings. The minimum absolute atomic E-state index is 0.00379. The number of fused-ring (bicyclic) bond motifs is 2. The van der Waals surface area contributed by atoms with Gasteiger partial charge in [0.1, 0.15) is 0 Å². The first-order valence-electron chi connectivity index (χ1n) is 12.1. The lowest BCUT2D eigenvalue weighted by Gasteiger charge is -2.40. The summed E-state index contributed by atoms with van der Waals surface area (Å²) < 4.78 is 1.73. The lowest BCUT2D eigenvalue weighted by molar-refractivity contribution is -0.119. The second kappa shape index (κ2) is 8.10. The molecule has 1 aromatic carbocycles. The molecule has 0 spiro atoms. The number of nitrogens with one attached hydrogen (secondary N) is 3. The Morgan fingerprint density at radius 2 is 1.97 bits per heavy atom. The van der Waals surface area contributed by atoms with Crippen molar-refractivity contribution in [3.8, 4) is 0 Å². The van der Waals surface area contributed by atoms with Gasteiger partial charge in [-0.15, -0.1) is 5.10 Å². The Balaban J connectivity index is 1.19. The van der Waals surface area contributed by atoms with Gasteiger partial charge in [0.05, 0.1) is 5.41 Å². The second-order valence-corrected chi connectivity index (χ2v) is 9.92. The van der Waals surface area contributed by atoms with E-state index in [9.17, 15) is 9.59 Å². The van der Waals surface area contributed by atoms with Crippen LogP contribution in [0.25, 0.3) is 5.65 Å². The van der Waals surface area contributed by atoms with Crippen LogP contribution in [0.4, 0.5) is 27.9 Å². The molecule has 3 amide bonds. The van der Waals surface area contributed by atoms with Crippen LogP contribution in [0.15, 0.2) is 30.6 Å². The Kier molecular flexibility index (Phi) is 5.01. The molecule has 3 aliphatic heterocycles. The Hall–Kier alpha value is -3.89. The molecule has 11 heteroatoms. The monoisotopic (exact) mass is 475 g/mol. The number of anilines is 4. The average molecular weight is 476 g/mol. The number of amides is 3. The lowest BCUT2D eigenvalue weighted by Crippen LogP contribution is -2.54. The molecule has 3 aromatic rings. The number of carbonyl (C=O) groups excluding carboxylic acids is 2. The third-order valence-electron chi connectivity index (χ3n) is 7.32.